The maximum Gasteiger partial charge on any atom is 0.335 e. The third-order valence-corrected chi connectivity index (χ3v) is 5.91. The van der Waals surface area contributed by atoms with Gasteiger partial charge in [0, 0.05) is 5.39 Å². The summed E-state index contributed by atoms with van der Waals surface area (Å²) in [5, 5.41) is 11.0. The molecule has 0 aromatic heterocycles. The van der Waals surface area contributed by atoms with E-state index >= 15 is 0 Å². The van der Waals surface area contributed by atoms with Crippen LogP contribution >= 0.6 is 0 Å². The Morgan fingerprint density at radius 2 is 1.48 bits per heavy atom. The Morgan fingerprint density at radius 3 is 2.23 bits per heavy atom. The Morgan fingerprint density at radius 1 is 0.806 bits per heavy atom. The first kappa shape index (κ1) is 20.8. The van der Waals surface area contributed by atoms with Crippen molar-refractivity contribution in [1.29, 1.82) is 0 Å². The van der Waals surface area contributed by atoms with Gasteiger partial charge in [-0.25, -0.2) is 13.3 Å². The lowest BCUT2D eigenvalue weighted by molar-refractivity contribution is 0.0696. The number of carbonyl (C=O) groups is 1. The highest BCUT2D eigenvalue weighted by molar-refractivity contribution is 7.81. The normalized spacial score (nSPS) is 11.9. The lowest BCUT2D eigenvalue weighted by Gasteiger charge is -2.22. The predicted molar refractivity (Wildman–Crippen MR) is 124 cm³/mol. The standard InChI is InChI=1S/C25H21NO4S/c27-25(28)21-8-3-5-19(17-21)12-11-18-13-15-22(16-14-18)26(31(29)30)24-10-4-7-20-6-1-2-9-23(20)24/h1-10,13-17H,11-12H2,(H,27,28)(H,29,30). The lowest BCUT2D eigenvalue weighted by atomic mass is 10.0. The third kappa shape index (κ3) is 4.66. The fourth-order valence-corrected chi connectivity index (χ4v) is 4.27. The van der Waals surface area contributed by atoms with E-state index in [1.54, 1.807) is 18.2 Å². The van der Waals surface area contributed by atoms with Gasteiger partial charge in [-0.05, 0) is 59.7 Å². The summed E-state index contributed by atoms with van der Waals surface area (Å²) < 4.78 is 23.6. The van der Waals surface area contributed by atoms with Gasteiger partial charge in [-0.3, -0.25) is 4.55 Å². The van der Waals surface area contributed by atoms with Crippen molar-refractivity contribution in [2.75, 3.05) is 4.31 Å². The summed E-state index contributed by atoms with van der Waals surface area (Å²) in [6.45, 7) is 0. The van der Waals surface area contributed by atoms with Gasteiger partial charge in [-0.15, -0.1) is 0 Å². The summed E-state index contributed by atoms with van der Waals surface area (Å²) in [7, 11) is 0. The van der Waals surface area contributed by atoms with Crippen molar-refractivity contribution < 1.29 is 18.7 Å². The second kappa shape index (κ2) is 9.12. The smallest absolute Gasteiger partial charge is 0.335 e. The molecule has 0 aliphatic rings. The second-order valence-corrected chi connectivity index (χ2v) is 8.02. The highest BCUT2D eigenvalue weighted by Gasteiger charge is 2.17. The van der Waals surface area contributed by atoms with Gasteiger partial charge in [0.1, 0.15) is 0 Å². The van der Waals surface area contributed by atoms with Crippen LogP contribution in [-0.4, -0.2) is 19.8 Å². The molecule has 1 atom stereocenters. The molecule has 0 fully saturated rings. The van der Waals surface area contributed by atoms with Crippen molar-refractivity contribution in [1.82, 2.24) is 0 Å². The molecule has 0 bridgehead atoms. The number of carboxylic acids is 1. The molecule has 0 aliphatic heterocycles. The quantitative estimate of drug-likeness (QED) is 0.374. The number of hydrogen-bond donors (Lipinski definition) is 2. The number of benzene rings is 4. The van der Waals surface area contributed by atoms with Crippen molar-refractivity contribution in [3.63, 3.8) is 0 Å². The van der Waals surface area contributed by atoms with Gasteiger partial charge in [0.25, 0.3) is 11.3 Å². The van der Waals surface area contributed by atoms with E-state index in [1.807, 2.05) is 72.8 Å². The van der Waals surface area contributed by atoms with Gasteiger partial charge in [0.2, 0.25) is 0 Å². The molecular weight excluding hydrogens is 410 g/mol. The van der Waals surface area contributed by atoms with Crippen LogP contribution in [0.25, 0.3) is 10.8 Å². The van der Waals surface area contributed by atoms with Crippen LogP contribution in [0, 0.1) is 0 Å². The Hall–Kier alpha value is -3.48. The Bertz CT molecular complexity index is 1250. The number of fused-ring (bicyclic) bond motifs is 1. The Balaban J connectivity index is 1.56. The number of nitrogens with zero attached hydrogens (tertiary/aromatic N) is 1. The van der Waals surface area contributed by atoms with E-state index in [0.717, 1.165) is 28.3 Å². The van der Waals surface area contributed by atoms with Crippen LogP contribution in [0.1, 0.15) is 21.5 Å². The van der Waals surface area contributed by atoms with E-state index in [4.69, 9.17) is 5.11 Å². The van der Waals surface area contributed by atoms with E-state index < -0.39 is 17.2 Å². The van der Waals surface area contributed by atoms with Gasteiger partial charge in [-0.2, -0.15) is 0 Å². The summed E-state index contributed by atoms with van der Waals surface area (Å²) in [5.74, 6) is -0.934. The van der Waals surface area contributed by atoms with Crippen LogP contribution in [0.3, 0.4) is 0 Å². The van der Waals surface area contributed by atoms with Crippen molar-refractivity contribution in [3.05, 3.63) is 108 Å². The number of anilines is 2. The molecular formula is C25H21NO4S. The number of aromatic carboxylic acids is 1. The highest BCUT2D eigenvalue weighted by atomic mass is 32.2. The summed E-state index contributed by atoms with van der Waals surface area (Å²) in [6, 6.07) is 27.9. The SMILES string of the molecule is O=C(O)c1cccc(CCc2ccc(N(c3cccc4ccccc34)S(=O)O)cc2)c1. The van der Waals surface area contributed by atoms with E-state index in [2.05, 4.69) is 0 Å². The molecule has 0 saturated carbocycles. The largest absolute Gasteiger partial charge is 0.478 e. The molecule has 1 unspecified atom stereocenters. The van der Waals surface area contributed by atoms with Crippen LogP contribution in [-0.2, 0) is 24.1 Å². The van der Waals surface area contributed by atoms with Crippen LogP contribution in [0.2, 0.25) is 0 Å². The first-order valence-corrected chi connectivity index (χ1v) is 10.9. The fraction of sp³-hybridized carbons (Fsp3) is 0.0800. The van der Waals surface area contributed by atoms with Gasteiger partial charge >= 0.3 is 5.97 Å². The number of hydrogen-bond acceptors (Lipinski definition) is 2. The summed E-state index contributed by atoms with van der Waals surface area (Å²) >= 11 is -2.23. The van der Waals surface area contributed by atoms with Gasteiger partial charge < -0.3 is 5.11 Å². The molecule has 156 valence electrons. The van der Waals surface area contributed by atoms with Crippen molar-refractivity contribution in [3.8, 4) is 0 Å². The number of carboxylic acid groups (broad SMARTS) is 1. The molecule has 4 rings (SSSR count). The van der Waals surface area contributed by atoms with E-state index in [0.29, 0.717) is 17.8 Å². The molecule has 5 nitrogen and oxygen atoms in total. The lowest BCUT2D eigenvalue weighted by Crippen LogP contribution is -2.19. The molecule has 4 aromatic carbocycles. The number of rotatable bonds is 7. The van der Waals surface area contributed by atoms with Crippen LogP contribution in [0.5, 0.6) is 0 Å². The van der Waals surface area contributed by atoms with Crippen LogP contribution < -0.4 is 4.31 Å². The molecule has 0 aliphatic carbocycles. The van der Waals surface area contributed by atoms with Gasteiger partial charge in [0.05, 0.1) is 16.9 Å². The molecule has 6 heteroatoms. The molecule has 0 radical (unpaired) electrons. The van der Waals surface area contributed by atoms with Crippen LogP contribution in [0.15, 0.2) is 91.0 Å². The molecule has 2 N–H and O–H groups in total. The highest BCUT2D eigenvalue weighted by Crippen LogP contribution is 2.33. The molecule has 0 spiro atoms. The van der Waals surface area contributed by atoms with Gasteiger partial charge in [-0.1, -0.05) is 60.7 Å². The van der Waals surface area contributed by atoms with Crippen molar-refractivity contribution >= 4 is 39.4 Å². The topological polar surface area (TPSA) is 77.8 Å². The average molecular weight is 432 g/mol. The predicted octanol–water partition coefficient (Wildman–Crippen LogP) is 5.60. The number of aryl methyl sites for hydroxylation is 2. The molecule has 0 amide bonds. The average Bonchev–Trinajstić information content (AvgIpc) is 2.79. The van der Waals surface area contributed by atoms with Crippen molar-refractivity contribution in [2.45, 2.75) is 12.8 Å². The first-order valence-electron chi connectivity index (χ1n) is 9.83. The minimum Gasteiger partial charge on any atom is -0.478 e. The van der Waals surface area contributed by atoms with Gasteiger partial charge in [0.15, 0.2) is 0 Å². The molecule has 0 heterocycles. The summed E-state index contributed by atoms with van der Waals surface area (Å²) in [4.78, 5) is 11.1. The zero-order chi connectivity index (χ0) is 21.8. The first-order chi connectivity index (χ1) is 15.0. The molecule has 4 aromatic rings. The minimum atomic E-state index is -2.23. The fourth-order valence-electron chi connectivity index (χ4n) is 3.65. The van der Waals surface area contributed by atoms with Crippen molar-refractivity contribution in [2.24, 2.45) is 0 Å². The van der Waals surface area contributed by atoms with E-state index in [1.165, 1.54) is 4.31 Å². The monoisotopic (exact) mass is 431 g/mol. The molecule has 31 heavy (non-hydrogen) atoms. The zero-order valence-corrected chi connectivity index (χ0v) is 17.5. The Labute approximate surface area is 183 Å². The maximum atomic E-state index is 12.2. The maximum absolute atomic E-state index is 12.2. The Kier molecular flexibility index (Phi) is 6.11. The second-order valence-electron chi connectivity index (χ2n) is 7.20. The van der Waals surface area contributed by atoms with E-state index in [-0.39, 0.29) is 5.56 Å². The molecule has 0 saturated heterocycles. The minimum absolute atomic E-state index is 0.281. The zero-order valence-electron chi connectivity index (χ0n) is 16.6. The summed E-state index contributed by atoms with van der Waals surface area (Å²) in [5.41, 5.74) is 3.58. The van der Waals surface area contributed by atoms with E-state index in [9.17, 15) is 13.6 Å². The van der Waals surface area contributed by atoms with Crippen LogP contribution in [0.4, 0.5) is 11.4 Å². The summed E-state index contributed by atoms with van der Waals surface area (Å²) in [6.07, 6.45) is 1.44. The third-order valence-electron chi connectivity index (χ3n) is 5.19.